The molecule has 4 nitrogen and oxygen atoms in total. The van der Waals surface area contributed by atoms with E-state index in [1.165, 1.54) is 12.0 Å². The molecular weight excluding hydrogens is 262 g/mol. The number of nitrogens with one attached hydrogen (secondary N) is 1. The number of likely N-dealkylation sites (N-methyl/N-ethyl adjacent to an activating group) is 1. The van der Waals surface area contributed by atoms with Gasteiger partial charge in [0.25, 0.3) is 5.91 Å². The Morgan fingerprint density at radius 1 is 1.33 bits per heavy atom. The maximum absolute atomic E-state index is 12.9. The lowest BCUT2D eigenvalue weighted by Gasteiger charge is -2.36. The highest BCUT2D eigenvalue weighted by Gasteiger charge is 2.27. The van der Waals surface area contributed by atoms with E-state index in [0.717, 1.165) is 50.1 Å². The summed E-state index contributed by atoms with van der Waals surface area (Å²) in [5.74, 6) is 0.188. The molecule has 1 aromatic rings. The van der Waals surface area contributed by atoms with Gasteiger partial charge in [-0.25, -0.2) is 0 Å². The largest absolute Gasteiger partial charge is 0.384 e. The molecule has 0 radical (unpaired) electrons. The van der Waals surface area contributed by atoms with Gasteiger partial charge in [-0.05, 0) is 51.4 Å². The molecule has 2 heterocycles. The fourth-order valence-electron chi connectivity index (χ4n) is 3.42. The number of hydrogen-bond donors (Lipinski definition) is 1. The molecule has 0 aromatic heterocycles. The van der Waals surface area contributed by atoms with Gasteiger partial charge in [-0.1, -0.05) is 12.1 Å². The first-order valence-corrected chi connectivity index (χ1v) is 7.98. The first-order chi connectivity index (χ1) is 10.2. The summed E-state index contributed by atoms with van der Waals surface area (Å²) in [5.41, 5.74) is 3.21. The fourth-order valence-corrected chi connectivity index (χ4v) is 3.42. The Balaban J connectivity index is 1.82. The van der Waals surface area contributed by atoms with Crippen molar-refractivity contribution in [3.8, 4) is 0 Å². The van der Waals surface area contributed by atoms with E-state index in [2.05, 4.69) is 30.4 Å². The third-order valence-corrected chi connectivity index (χ3v) is 4.72. The number of benzene rings is 1. The number of rotatable bonds is 2. The lowest BCUT2D eigenvalue weighted by atomic mass is 9.97. The van der Waals surface area contributed by atoms with Crippen LogP contribution in [0.15, 0.2) is 18.2 Å². The smallest absolute Gasteiger partial charge is 0.256 e. The normalized spacial score (nSPS) is 21.9. The zero-order valence-corrected chi connectivity index (χ0v) is 13.1. The van der Waals surface area contributed by atoms with Gasteiger partial charge in [-0.3, -0.25) is 4.79 Å². The Labute approximate surface area is 127 Å². The van der Waals surface area contributed by atoms with Gasteiger partial charge in [0, 0.05) is 25.7 Å². The molecular formula is C17H25N3O. The van der Waals surface area contributed by atoms with E-state index in [4.69, 9.17) is 0 Å². The average molecular weight is 287 g/mol. The second-order valence-corrected chi connectivity index (χ2v) is 6.38. The molecule has 0 bridgehead atoms. The zero-order chi connectivity index (χ0) is 14.8. The number of para-hydroxylation sites is 1. The Kier molecular flexibility index (Phi) is 4.15. The van der Waals surface area contributed by atoms with Crippen LogP contribution in [0.1, 0.15) is 35.2 Å². The van der Waals surface area contributed by atoms with Crippen LogP contribution in [0.4, 0.5) is 5.69 Å². The van der Waals surface area contributed by atoms with E-state index in [1.807, 2.05) is 17.0 Å². The number of hydrogen-bond acceptors (Lipinski definition) is 3. The van der Waals surface area contributed by atoms with Gasteiger partial charge in [0.2, 0.25) is 0 Å². The van der Waals surface area contributed by atoms with Crippen LogP contribution in [0.25, 0.3) is 0 Å². The summed E-state index contributed by atoms with van der Waals surface area (Å²) in [4.78, 5) is 17.2. The van der Waals surface area contributed by atoms with Crippen molar-refractivity contribution in [2.24, 2.45) is 0 Å². The summed E-state index contributed by atoms with van der Waals surface area (Å²) >= 11 is 0. The number of aryl methyl sites for hydroxylation is 1. The number of nitrogens with zero attached hydrogens (tertiary/aromatic N) is 2. The molecule has 21 heavy (non-hydrogen) atoms. The van der Waals surface area contributed by atoms with Gasteiger partial charge >= 0.3 is 0 Å². The monoisotopic (exact) mass is 287 g/mol. The minimum atomic E-state index is 0.188. The second kappa shape index (κ2) is 6.06. The third-order valence-electron chi connectivity index (χ3n) is 4.72. The van der Waals surface area contributed by atoms with Crippen LogP contribution in [0.3, 0.4) is 0 Å². The van der Waals surface area contributed by atoms with Crippen LogP contribution in [-0.2, 0) is 6.42 Å². The number of likely N-dealkylation sites (tertiary alicyclic amines) is 1. The predicted molar refractivity (Wildman–Crippen MR) is 85.9 cm³/mol. The van der Waals surface area contributed by atoms with E-state index < -0.39 is 0 Å². The lowest BCUT2D eigenvalue weighted by molar-refractivity contribution is 0.0636. The molecule has 1 N–H and O–H groups in total. The van der Waals surface area contributed by atoms with Gasteiger partial charge in [0.05, 0.1) is 11.3 Å². The van der Waals surface area contributed by atoms with Crippen molar-refractivity contribution < 1.29 is 4.79 Å². The summed E-state index contributed by atoms with van der Waals surface area (Å²) in [5, 5.41) is 3.43. The first-order valence-electron chi connectivity index (χ1n) is 7.98. The van der Waals surface area contributed by atoms with E-state index in [9.17, 15) is 4.79 Å². The van der Waals surface area contributed by atoms with Gasteiger partial charge in [-0.15, -0.1) is 0 Å². The molecule has 1 aromatic carbocycles. The highest BCUT2D eigenvalue weighted by Crippen LogP contribution is 2.28. The van der Waals surface area contributed by atoms with Crippen LogP contribution in [0.2, 0.25) is 0 Å². The summed E-state index contributed by atoms with van der Waals surface area (Å²) in [7, 11) is 4.20. The highest BCUT2D eigenvalue weighted by molar-refractivity contribution is 6.00. The fraction of sp³-hybridized carbons (Fsp3) is 0.588. The lowest BCUT2D eigenvalue weighted by Crippen LogP contribution is -2.47. The summed E-state index contributed by atoms with van der Waals surface area (Å²) in [6.07, 6.45) is 4.50. The SMILES string of the molecule is CN(C)C1CCCN(C(=O)c2cccc3c2NCCC3)C1. The third kappa shape index (κ3) is 2.91. The molecule has 0 aliphatic carbocycles. The Bertz CT molecular complexity index is 527. The summed E-state index contributed by atoms with van der Waals surface area (Å²) in [6.45, 7) is 2.69. The Morgan fingerprint density at radius 3 is 3.00 bits per heavy atom. The zero-order valence-electron chi connectivity index (χ0n) is 13.1. The van der Waals surface area contributed by atoms with Gasteiger partial charge in [-0.2, -0.15) is 0 Å². The molecule has 4 heteroatoms. The summed E-state index contributed by atoms with van der Waals surface area (Å²) < 4.78 is 0. The molecule has 0 spiro atoms. The number of carbonyl (C=O) groups is 1. The molecule has 1 saturated heterocycles. The average Bonchev–Trinajstić information content (AvgIpc) is 2.53. The maximum atomic E-state index is 12.9. The quantitative estimate of drug-likeness (QED) is 0.906. The van der Waals surface area contributed by atoms with Gasteiger partial charge in [0.15, 0.2) is 0 Å². The van der Waals surface area contributed by atoms with Gasteiger partial charge < -0.3 is 15.1 Å². The van der Waals surface area contributed by atoms with Crippen molar-refractivity contribution >= 4 is 11.6 Å². The maximum Gasteiger partial charge on any atom is 0.256 e. The van der Waals surface area contributed by atoms with Crippen molar-refractivity contribution in [2.45, 2.75) is 31.7 Å². The number of amides is 1. The van der Waals surface area contributed by atoms with E-state index >= 15 is 0 Å². The molecule has 2 aliphatic rings. The number of carbonyl (C=O) groups excluding carboxylic acids is 1. The standard InChI is InChI=1S/C17H25N3O/c1-19(2)14-8-5-11-20(12-14)17(21)15-9-3-6-13-7-4-10-18-16(13)15/h3,6,9,14,18H,4-5,7-8,10-12H2,1-2H3. The van der Waals surface area contributed by atoms with Crippen LogP contribution < -0.4 is 5.32 Å². The van der Waals surface area contributed by atoms with Crippen molar-refractivity contribution in [1.82, 2.24) is 9.80 Å². The number of piperidine rings is 1. The number of anilines is 1. The predicted octanol–water partition coefficient (Wildman–Crippen LogP) is 2.21. The van der Waals surface area contributed by atoms with Crippen LogP contribution in [0, 0.1) is 0 Å². The Morgan fingerprint density at radius 2 is 2.19 bits per heavy atom. The van der Waals surface area contributed by atoms with Crippen LogP contribution in [0.5, 0.6) is 0 Å². The van der Waals surface area contributed by atoms with Crippen LogP contribution >= 0.6 is 0 Å². The molecule has 0 saturated carbocycles. The first kappa shape index (κ1) is 14.4. The van der Waals surface area contributed by atoms with Crippen molar-refractivity contribution in [1.29, 1.82) is 0 Å². The minimum absolute atomic E-state index is 0.188. The molecule has 114 valence electrons. The summed E-state index contributed by atoms with van der Waals surface area (Å²) in [6, 6.07) is 6.61. The van der Waals surface area contributed by atoms with Crippen molar-refractivity contribution in [3.63, 3.8) is 0 Å². The van der Waals surface area contributed by atoms with E-state index in [0.29, 0.717) is 6.04 Å². The van der Waals surface area contributed by atoms with Crippen LogP contribution in [-0.4, -0.2) is 55.5 Å². The topological polar surface area (TPSA) is 35.6 Å². The molecule has 2 aliphatic heterocycles. The van der Waals surface area contributed by atoms with E-state index in [1.54, 1.807) is 0 Å². The molecule has 1 amide bonds. The molecule has 1 atom stereocenters. The molecule has 1 fully saturated rings. The molecule has 3 rings (SSSR count). The number of fused-ring (bicyclic) bond motifs is 1. The second-order valence-electron chi connectivity index (χ2n) is 6.38. The highest BCUT2D eigenvalue weighted by atomic mass is 16.2. The van der Waals surface area contributed by atoms with Gasteiger partial charge in [0.1, 0.15) is 0 Å². The van der Waals surface area contributed by atoms with Crippen molar-refractivity contribution in [2.75, 3.05) is 39.0 Å². The van der Waals surface area contributed by atoms with Crippen molar-refractivity contribution in [3.05, 3.63) is 29.3 Å². The molecule has 1 unspecified atom stereocenters. The minimum Gasteiger partial charge on any atom is -0.384 e. The van der Waals surface area contributed by atoms with E-state index in [-0.39, 0.29) is 5.91 Å². The Hall–Kier alpha value is -1.55.